The monoisotopic (exact) mass is 477 g/mol. The molecule has 0 aliphatic carbocycles. The van der Waals surface area contributed by atoms with Crippen molar-refractivity contribution in [3.63, 3.8) is 0 Å². The smallest absolute Gasteiger partial charge is 0.236 e. The van der Waals surface area contributed by atoms with Crippen molar-refractivity contribution in [2.24, 2.45) is 0 Å². The average molecular weight is 478 g/mol. The highest BCUT2D eigenvalue weighted by atomic mass is 16.7. The molecule has 0 saturated carbocycles. The normalized spacial score (nSPS) is 19.7. The summed E-state index contributed by atoms with van der Waals surface area (Å²) in [5.74, 6) is 2.67. The second-order valence-corrected chi connectivity index (χ2v) is 9.38. The number of hydrogen-bond acceptors (Lipinski definition) is 7. The molecule has 1 unspecified atom stereocenters. The van der Waals surface area contributed by atoms with Gasteiger partial charge in [0, 0.05) is 39.3 Å². The predicted octanol–water partition coefficient (Wildman–Crippen LogP) is 3.89. The Morgan fingerprint density at radius 3 is 2.50 bits per heavy atom. The van der Waals surface area contributed by atoms with Crippen LogP contribution >= 0.6 is 0 Å². The Bertz CT molecular complexity index is 782. The highest BCUT2D eigenvalue weighted by Gasteiger charge is 2.36. The largest absolute Gasteiger partial charge is 0.493 e. The fourth-order valence-electron chi connectivity index (χ4n) is 4.86. The summed E-state index contributed by atoms with van der Waals surface area (Å²) in [6, 6.07) is 4.45. The molecule has 0 radical (unpaired) electrons. The van der Waals surface area contributed by atoms with E-state index in [-0.39, 0.29) is 12.7 Å². The molecule has 1 saturated heterocycles. The topological polar surface area (TPSA) is 63.7 Å². The Morgan fingerprint density at radius 1 is 1.12 bits per heavy atom. The highest BCUT2D eigenvalue weighted by molar-refractivity contribution is 5.78. The lowest BCUT2D eigenvalue weighted by Gasteiger charge is -2.29. The minimum Gasteiger partial charge on any atom is -0.493 e. The molecule has 3 rings (SSSR count). The summed E-state index contributed by atoms with van der Waals surface area (Å²) in [6.45, 7) is 8.39. The standard InChI is InChI=1S/C26H43N3O5/c1-6-8-11-28(12-9-7-2)25(30)18-29-17-21(14-22(29)10-13-27(3)32-5)20-15-23(31-4)26-24(16-20)33-19-34-26/h15-16,21-22H,6-14,17-19H2,1-5H3/t21-,22?/m1/s1. The van der Waals surface area contributed by atoms with Crippen LogP contribution < -0.4 is 14.2 Å². The van der Waals surface area contributed by atoms with E-state index in [1.54, 1.807) is 14.2 Å². The van der Waals surface area contributed by atoms with E-state index < -0.39 is 0 Å². The number of amides is 1. The Hall–Kier alpha value is -2.03. The van der Waals surface area contributed by atoms with E-state index in [1.807, 2.05) is 12.1 Å². The molecule has 0 aromatic heterocycles. The van der Waals surface area contributed by atoms with Crippen molar-refractivity contribution in [3.05, 3.63) is 17.7 Å². The van der Waals surface area contributed by atoms with Gasteiger partial charge in [0.2, 0.25) is 18.4 Å². The van der Waals surface area contributed by atoms with Gasteiger partial charge in [-0.25, -0.2) is 0 Å². The molecular weight excluding hydrogens is 434 g/mol. The van der Waals surface area contributed by atoms with Crippen molar-refractivity contribution in [3.8, 4) is 17.2 Å². The number of carbonyl (C=O) groups excluding carboxylic acids is 1. The van der Waals surface area contributed by atoms with Crippen molar-refractivity contribution >= 4 is 5.91 Å². The van der Waals surface area contributed by atoms with Gasteiger partial charge >= 0.3 is 0 Å². The first-order chi connectivity index (χ1) is 16.5. The zero-order valence-electron chi connectivity index (χ0n) is 21.7. The number of hydroxylamine groups is 2. The van der Waals surface area contributed by atoms with E-state index in [0.29, 0.717) is 30.0 Å². The number of methoxy groups -OCH3 is 1. The predicted molar refractivity (Wildman–Crippen MR) is 132 cm³/mol. The van der Waals surface area contributed by atoms with E-state index in [0.717, 1.165) is 70.5 Å². The van der Waals surface area contributed by atoms with Crippen LogP contribution in [0.15, 0.2) is 12.1 Å². The van der Waals surface area contributed by atoms with E-state index in [1.165, 1.54) is 5.56 Å². The van der Waals surface area contributed by atoms with Crippen molar-refractivity contribution in [2.45, 2.75) is 64.3 Å². The van der Waals surface area contributed by atoms with Gasteiger partial charge in [0.15, 0.2) is 11.5 Å². The van der Waals surface area contributed by atoms with Crippen LogP contribution in [0, 0.1) is 0 Å². The molecule has 2 aliphatic heterocycles. The first-order valence-corrected chi connectivity index (χ1v) is 12.7. The number of ether oxygens (including phenoxy) is 3. The molecule has 0 bridgehead atoms. The Morgan fingerprint density at radius 2 is 1.85 bits per heavy atom. The van der Waals surface area contributed by atoms with E-state index in [2.05, 4.69) is 35.8 Å². The van der Waals surface area contributed by atoms with Gasteiger partial charge in [-0.3, -0.25) is 9.69 Å². The van der Waals surface area contributed by atoms with Crippen LogP contribution in [0.5, 0.6) is 17.2 Å². The fourth-order valence-corrected chi connectivity index (χ4v) is 4.86. The zero-order valence-corrected chi connectivity index (χ0v) is 21.7. The molecule has 1 aromatic carbocycles. The number of unbranched alkanes of at least 4 members (excludes halogenated alkanes) is 2. The third-order valence-corrected chi connectivity index (χ3v) is 7.02. The molecule has 0 spiro atoms. The molecule has 0 N–H and O–H groups in total. The summed E-state index contributed by atoms with van der Waals surface area (Å²) in [6.07, 6.45) is 6.23. The Labute approximate surface area is 205 Å². The second kappa shape index (κ2) is 13.2. The number of hydrogen-bond donors (Lipinski definition) is 0. The number of benzene rings is 1. The summed E-state index contributed by atoms with van der Waals surface area (Å²) in [4.78, 5) is 23.1. The van der Waals surface area contributed by atoms with E-state index in [9.17, 15) is 4.79 Å². The summed E-state index contributed by atoms with van der Waals surface area (Å²) in [7, 11) is 5.30. The summed E-state index contributed by atoms with van der Waals surface area (Å²) < 4.78 is 16.8. The molecule has 1 amide bonds. The van der Waals surface area contributed by atoms with Gasteiger partial charge < -0.3 is 23.9 Å². The van der Waals surface area contributed by atoms with E-state index in [4.69, 9.17) is 19.0 Å². The van der Waals surface area contributed by atoms with Crippen LogP contribution in [0.2, 0.25) is 0 Å². The number of likely N-dealkylation sites (tertiary alicyclic amines) is 1. The molecule has 2 atom stereocenters. The summed E-state index contributed by atoms with van der Waals surface area (Å²) in [5, 5.41) is 1.85. The van der Waals surface area contributed by atoms with Crippen LogP contribution in [-0.4, -0.2) is 87.6 Å². The van der Waals surface area contributed by atoms with Gasteiger partial charge in [0.1, 0.15) is 0 Å². The van der Waals surface area contributed by atoms with Crippen LogP contribution in [0.25, 0.3) is 0 Å². The van der Waals surface area contributed by atoms with Crippen molar-refractivity contribution in [2.75, 3.05) is 60.8 Å². The second-order valence-electron chi connectivity index (χ2n) is 9.38. The van der Waals surface area contributed by atoms with E-state index >= 15 is 0 Å². The average Bonchev–Trinajstić information content (AvgIpc) is 3.48. The minimum absolute atomic E-state index is 0.220. The van der Waals surface area contributed by atoms with Crippen molar-refractivity contribution < 1.29 is 23.8 Å². The molecule has 1 fully saturated rings. The molecule has 8 nitrogen and oxygen atoms in total. The van der Waals surface area contributed by atoms with Crippen LogP contribution in [0.3, 0.4) is 0 Å². The van der Waals surface area contributed by atoms with Crippen LogP contribution in [0.1, 0.15) is 63.9 Å². The Balaban J connectivity index is 1.75. The van der Waals surface area contributed by atoms with Gasteiger partial charge in [-0.15, -0.1) is 0 Å². The molecule has 2 aliphatic rings. The maximum Gasteiger partial charge on any atom is 0.236 e. The molecule has 1 aromatic rings. The third kappa shape index (κ3) is 6.77. The maximum absolute atomic E-state index is 13.3. The van der Waals surface area contributed by atoms with Gasteiger partial charge in [0.25, 0.3) is 0 Å². The summed E-state index contributed by atoms with van der Waals surface area (Å²) >= 11 is 0. The maximum atomic E-state index is 13.3. The Kier molecular flexibility index (Phi) is 10.3. The lowest BCUT2D eigenvalue weighted by atomic mass is 9.94. The summed E-state index contributed by atoms with van der Waals surface area (Å²) in [5.41, 5.74) is 1.18. The molecular formula is C26H43N3O5. The first kappa shape index (κ1) is 26.6. The van der Waals surface area contributed by atoms with Crippen molar-refractivity contribution in [1.29, 1.82) is 0 Å². The molecule has 8 heteroatoms. The van der Waals surface area contributed by atoms with Gasteiger partial charge in [0.05, 0.1) is 20.8 Å². The lowest BCUT2D eigenvalue weighted by Crippen LogP contribution is -2.43. The zero-order chi connectivity index (χ0) is 24.5. The quantitative estimate of drug-likeness (QED) is 0.377. The molecule has 34 heavy (non-hydrogen) atoms. The van der Waals surface area contributed by atoms with Gasteiger partial charge in [-0.2, -0.15) is 5.06 Å². The highest BCUT2D eigenvalue weighted by Crippen LogP contribution is 2.45. The fraction of sp³-hybridized carbons (Fsp3) is 0.731. The van der Waals surface area contributed by atoms with Gasteiger partial charge in [-0.05, 0) is 49.3 Å². The third-order valence-electron chi connectivity index (χ3n) is 7.02. The molecule has 192 valence electrons. The first-order valence-electron chi connectivity index (χ1n) is 12.7. The number of nitrogens with zero attached hydrogens (tertiary/aromatic N) is 3. The van der Waals surface area contributed by atoms with Gasteiger partial charge in [-0.1, -0.05) is 26.7 Å². The van der Waals surface area contributed by atoms with Crippen LogP contribution in [0.4, 0.5) is 0 Å². The number of rotatable bonds is 14. The minimum atomic E-state index is 0.220. The number of fused-ring (bicyclic) bond motifs is 1. The lowest BCUT2D eigenvalue weighted by molar-refractivity contribution is -0.133. The van der Waals surface area contributed by atoms with Crippen LogP contribution in [-0.2, 0) is 9.63 Å². The SMILES string of the molecule is CCCCN(CCCC)C(=O)CN1C[C@H](c2cc(OC)c3c(c2)OCO3)CC1CCN(C)OC. The number of carbonyl (C=O) groups is 1. The molecule has 2 heterocycles. The van der Waals surface area contributed by atoms with Crippen molar-refractivity contribution in [1.82, 2.24) is 14.9 Å².